The van der Waals surface area contributed by atoms with Crippen LogP contribution in [0.2, 0.25) is 0 Å². The molecule has 2 rings (SSSR count). The summed E-state index contributed by atoms with van der Waals surface area (Å²) in [6.07, 6.45) is 3.04. The smallest absolute Gasteiger partial charge is 0.119 e. The molecular formula is C17H28N2O2. The molecule has 4 nitrogen and oxygen atoms in total. The Morgan fingerprint density at radius 1 is 1.38 bits per heavy atom. The van der Waals surface area contributed by atoms with Crippen LogP contribution < -0.4 is 10.5 Å². The van der Waals surface area contributed by atoms with Gasteiger partial charge in [0.05, 0.1) is 7.11 Å². The van der Waals surface area contributed by atoms with Gasteiger partial charge in [0.25, 0.3) is 0 Å². The Hall–Kier alpha value is -1.10. The number of hydrogen-bond donors (Lipinski definition) is 2. The maximum atomic E-state index is 9.30. The minimum Gasteiger partial charge on any atom is -0.497 e. The zero-order chi connectivity index (χ0) is 15.2. The summed E-state index contributed by atoms with van der Waals surface area (Å²) < 4.78 is 5.35. The van der Waals surface area contributed by atoms with E-state index in [0.717, 1.165) is 38.1 Å². The molecule has 21 heavy (non-hydrogen) atoms. The standard InChI is InChI=1S/C17H28N2O2/c1-3-16(18)17(14-5-4-6-15(11-14)21-2)19-9-7-13(12-20)8-10-19/h4-6,11,13,16-17,20H,3,7-10,12,18H2,1-2H3. The van der Waals surface area contributed by atoms with Crippen LogP contribution in [0.1, 0.15) is 37.8 Å². The molecule has 2 atom stereocenters. The molecule has 0 radical (unpaired) electrons. The Balaban J connectivity index is 2.18. The van der Waals surface area contributed by atoms with E-state index >= 15 is 0 Å². The highest BCUT2D eigenvalue weighted by atomic mass is 16.5. The van der Waals surface area contributed by atoms with Crippen LogP contribution in [0.3, 0.4) is 0 Å². The van der Waals surface area contributed by atoms with Crippen molar-refractivity contribution in [3.05, 3.63) is 29.8 Å². The average Bonchev–Trinajstić information content (AvgIpc) is 2.55. The lowest BCUT2D eigenvalue weighted by atomic mass is 9.91. The van der Waals surface area contributed by atoms with Crippen molar-refractivity contribution in [3.8, 4) is 5.75 Å². The fourth-order valence-corrected chi connectivity index (χ4v) is 3.19. The fourth-order valence-electron chi connectivity index (χ4n) is 3.19. The topological polar surface area (TPSA) is 58.7 Å². The largest absolute Gasteiger partial charge is 0.497 e. The minimum absolute atomic E-state index is 0.114. The molecule has 118 valence electrons. The first-order valence-electron chi connectivity index (χ1n) is 7.94. The number of methoxy groups -OCH3 is 1. The van der Waals surface area contributed by atoms with Gasteiger partial charge >= 0.3 is 0 Å². The van der Waals surface area contributed by atoms with Gasteiger partial charge in [-0.2, -0.15) is 0 Å². The lowest BCUT2D eigenvalue weighted by Gasteiger charge is -2.40. The van der Waals surface area contributed by atoms with E-state index in [-0.39, 0.29) is 12.1 Å². The van der Waals surface area contributed by atoms with E-state index in [9.17, 15) is 5.11 Å². The lowest BCUT2D eigenvalue weighted by Crippen LogP contribution is -2.45. The van der Waals surface area contributed by atoms with Crippen molar-refractivity contribution in [2.75, 3.05) is 26.8 Å². The van der Waals surface area contributed by atoms with Crippen LogP contribution >= 0.6 is 0 Å². The van der Waals surface area contributed by atoms with Gasteiger partial charge < -0.3 is 15.6 Å². The maximum Gasteiger partial charge on any atom is 0.119 e. The number of ether oxygens (including phenoxy) is 1. The van der Waals surface area contributed by atoms with Crippen LogP contribution in [-0.2, 0) is 0 Å². The maximum absolute atomic E-state index is 9.30. The van der Waals surface area contributed by atoms with Crippen LogP contribution in [0.4, 0.5) is 0 Å². The summed E-state index contributed by atoms with van der Waals surface area (Å²) in [5.74, 6) is 1.33. The number of nitrogens with two attached hydrogens (primary N) is 1. The van der Waals surface area contributed by atoms with Crippen molar-refractivity contribution in [1.82, 2.24) is 4.90 Å². The predicted molar refractivity (Wildman–Crippen MR) is 85.4 cm³/mol. The molecular weight excluding hydrogens is 264 g/mol. The molecule has 0 spiro atoms. The highest BCUT2D eigenvalue weighted by molar-refractivity contribution is 5.31. The van der Waals surface area contributed by atoms with Crippen molar-refractivity contribution >= 4 is 0 Å². The summed E-state index contributed by atoms with van der Waals surface area (Å²) in [6, 6.07) is 8.58. The molecule has 1 aromatic carbocycles. The zero-order valence-corrected chi connectivity index (χ0v) is 13.2. The van der Waals surface area contributed by atoms with E-state index in [1.165, 1.54) is 5.56 Å². The van der Waals surface area contributed by atoms with Gasteiger partial charge in [0.2, 0.25) is 0 Å². The van der Waals surface area contributed by atoms with E-state index in [1.54, 1.807) is 7.11 Å². The SMILES string of the molecule is CCC(N)C(c1cccc(OC)c1)N1CCC(CO)CC1. The van der Waals surface area contributed by atoms with Crippen LogP contribution in [0.5, 0.6) is 5.75 Å². The minimum atomic E-state index is 0.114. The first-order valence-corrected chi connectivity index (χ1v) is 7.94. The first kappa shape index (κ1) is 16.3. The van der Waals surface area contributed by atoms with Gasteiger partial charge in [-0.3, -0.25) is 4.90 Å². The molecule has 0 aromatic heterocycles. The van der Waals surface area contributed by atoms with Crippen molar-refractivity contribution in [2.45, 2.75) is 38.3 Å². The van der Waals surface area contributed by atoms with Gasteiger partial charge in [-0.25, -0.2) is 0 Å². The quantitative estimate of drug-likeness (QED) is 0.844. The molecule has 1 aliphatic rings. The van der Waals surface area contributed by atoms with Gasteiger partial charge in [0, 0.05) is 18.7 Å². The number of rotatable bonds is 6. The molecule has 1 heterocycles. The second-order valence-electron chi connectivity index (χ2n) is 5.96. The van der Waals surface area contributed by atoms with Gasteiger partial charge in [0.15, 0.2) is 0 Å². The van der Waals surface area contributed by atoms with Crippen molar-refractivity contribution in [2.24, 2.45) is 11.7 Å². The third-order valence-corrected chi connectivity index (χ3v) is 4.61. The normalized spacial score (nSPS) is 20.2. The highest BCUT2D eigenvalue weighted by Crippen LogP contribution is 2.31. The lowest BCUT2D eigenvalue weighted by molar-refractivity contribution is 0.0883. The van der Waals surface area contributed by atoms with E-state index < -0.39 is 0 Å². The van der Waals surface area contributed by atoms with Gasteiger partial charge in [-0.15, -0.1) is 0 Å². The summed E-state index contributed by atoms with van der Waals surface area (Å²) in [4.78, 5) is 2.47. The van der Waals surface area contributed by atoms with Crippen molar-refractivity contribution in [1.29, 1.82) is 0 Å². The number of aliphatic hydroxyl groups excluding tert-OH is 1. The molecule has 0 amide bonds. The summed E-state index contributed by atoms with van der Waals surface area (Å²) >= 11 is 0. The zero-order valence-electron chi connectivity index (χ0n) is 13.2. The molecule has 1 aromatic rings. The Labute approximate surface area is 127 Å². The fraction of sp³-hybridized carbons (Fsp3) is 0.647. The first-order chi connectivity index (χ1) is 10.2. The third kappa shape index (κ3) is 3.96. The highest BCUT2D eigenvalue weighted by Gasteiger charge is 2.29. The average molecular weight is 292 g/mol. The predicted octanol–water partition coefficient (Wildman–Crippen LogP) is 2.18. The molecule has 4 heteroatoms. The van der Waals surface area contributed by atoms with E-state index in [2.05, 4.69) is 24.0 Å². The molecule has 0 bridgehead atoms. The summed E-state index contributed by atoms with van der Waals surface area (Å²) in [5, 5.41) is 9.30. The molecule has 0 saturated carbocycles. The molecule has 1 fully saturated rings. The van der Waals surface area contributed by atoms with Gasteiger partial charge in [0.1, 0.15) is 5.75 Å². The molecule has 3 N–H and O–H groups in total. The monoisotopic (exact) mass is 292 g/mol. The number of benzene rings is 1. The number of piperidine rings is 1. The number of hydrogen-bond acceptors (Lipinski definition) is 4. The third-order valence-electron chi connectivity index (χ3n) is 4.61. The van der Waals surface area contributed by atoms with Crippen LogP contribution in [-0.4, -0.2) is 42.9 Å². The Kier molecular flexibility index (Phi) is 6.03. The van der Waals surface area contributed by atoms with E-state index in [1.807, 2.05) is 12.1 Å². The van der Waals surface area contributed by atoms with E-state index in [0.29, 0.717) is 12.5 Å². The second-order valence-corrected chi connectivity index (χ2v) is 5.96. The molecule has 0 aliphatic carbocycles. The van der Waals surface area contributed by atoms with Crippen molar-refractivity contribution < 1.29 is 9.84 Å². The Morgan fingerprint density at radius 2 is 2.10 bits per heavy atom. The Bertz CT molecular complexity index is 431. The summed E-state index contributed by atoms with van der Waals surface area (Å²) in [5.41, 5.74) is 7.63. The van der Waals surface area contributed by atoms with Crippen LogP contribution in [0.25, 0.3) is 0 Å². The summed E-state index contributed by atoms with van der Waals surface area (Å²) in [7, 11) is 1.70. The van der Waals surface area contributed by atoms with Gasteiger partial charge in [-0.05, 0) is 56.0 Å². The second kappa shape index (κ2) is 7.78. The number of likely N-dealkylation sites (tertiary alicyclic amines) is 1. The van der Waals surface area contributed by atoms with Gasteiger partial charge in [-0.1, -0.05) is 19.1 Å². The number of nitrogens with zero attached hydrogens (tertiary/aromatic N) is 1. The summed E-state index contributed by atoms with van der Waals surface area (Å²) in [6.45, 7) is 4.44. The Morgan fingerprint density at radius 3 is 2.67 bits per heavy atom. The molecule has 1 aliphatic heterocycles. The molecule has 2 unspecified atom stereocenters. The van der Waals surface area contributed by atoms with Crippen molar-refractivity contribution in [3.63, 3.8) is 0 Å². The number of aliphatic hydroxyl groups is 1. The molecule has 1 saturated heterocycles. The van der Waals surface area contributed by atoms with Crippen LogP contribution in [0, 0.1) is 5.92 Å². The van der Waals surface area contributed by atoms with Crippen LogP contribution in [0.15, 0.2) is 24.3 Å². The van der Waals surface area contributed by atoms with E-state index in [4.69, 9.17) is 10.5 Å².